The molecule has 0 amide bonds. The van der Waals surface area contributed by atoms with Crippen LogP contribution in [0.25, 0.3) is 0 Å². The summed E-state index contributed by atoms with van der Waals surface area (Å²) in [6.45, 7) is 0. The second-order valence-electron chi connectivity index (χ2n) is 2.57. The van der Waals surface area contributed by atoms with Crippen molar-refractivity contribution in [1.82, 2.24) is 4.98 Å². The number of pyridine rings is 1. The van der Waals surface area contributed by atoms with Gasteiger partial charge in [-0.1, -0.05) is 0 Å². The van der Waals surface area contributed by atoms with E-state index < -0.39 is 0 Å². The smallest absolute Gasteiger partial charge is 0.310 e. The highest BCUT2D eigenvalue weighted by atomic mass is 79.9. The van der Waals surface area contributed by atoms with Gasteiger partial charge < -0.3 is 9.47 Å². The Morgan fingerprint density at radius 2 is 2.29 bits per heavy atom. The molecule has 0 bridgehead atoms. The van der Waals surface area contributed by atoms with E-state index in [2.05, 4.69) is 25.7 Å². The van der Waals surface area contributed by atoms with Crippen molar-refractivity contribution < 1.29 is 14.3 Å². The topological polar surface area (TPSA) is 48.4 Å². The molecule has 5 heteroatoms. The highest BCUT2D eigenvalue weighted by Crippen LogP contribution is 2.20. The molecule has 0 aromatic carbocycles. The molecular weight excluding hydrogens is 250 g/mol. The van der Waals surface area contributed by atoms with E-state index in [0.29, 0.717) is 11.4 Å². The van der Waals surface area contributed by atoms with Crippen LogP contribution < -0.4 is 4.74 Å². The first-order valence-electron chi connectivity index (χ1n) is 3.92. The van der Waals surface area contributed by atoms with Gasteiger partial charge in [-0.25, -0.2) is 4.98 Å². The third-order valence-corrected chi connectivity index (χ3v) is 2.08. The lowest BCUT2D eigenvalue weighted by Crippen LogP contribution is -2.06. The number of carbonyl (C=O) groups excluding carboxylic acids is 1. The van der Waals surface area contributed by atoms with E-state index in [4.69, 9.17) is 4.74 Å². The molecule has 0 radical (unpaired) electrons. The normalized spacial score (nSPS) is 9.64. The first-order valence-corrected chi connectivity index (χ1v) is 4.72. The van der Waals surface area contributed by atoms with E-state index in [1.54, 1.807) is 12.3 Å². The fraction of sp³-hybridized carbons (Fsp3) is 0.333. The minimum atomic E-state index is -0.316. The average Bonchev–Trinajstić information content (AvgIpc) is 2.18. The molecule has 0 N–H and O–H groups in total. The second-order valence-corrected chi connectivity index (χ2v) is 3.49. The molecule has 0 aliphatic heterocycles. The van der Waals surface area contributed by atoms with Gasteiger partial charge in [0, 0.05) is 16.2 Å². The summed E-state index contributed by atoms with van der Waals surface area (Å²) in [5, 5.41) is 0. The van der Waals surface area contributed by atoms with Crippen molar-refractivity contribution in [3.8, 4) is 5.88 Å². The van der Waals surface area contributed by atoms with Gasteiger partial charge in [-0.05, 0) is 22.0 Å². The van der Waals surface area contributed by atoms with Gasteiger partial charge in [0.05, 0.1) is 20.6 Å². The van der Waals surface area contributed by atoms with Crippen molar-refractivity contribution >= 4 is 21.9 Å². The summed E-state index contributed by atoms with van der Waals surface area (Å²) in [5.41, 5.74) is 0.703. The Bertz CT molecular complexity index is 341. The average molecular weight is 260 g/mol. The third-order valence-electron chi connectivity index (χ3n) is 1.65. The molecule has 0 spiro atoms. The standard InChI is InChI=1S/C9H10BrNO3/c1-13-8(12)4-6-3-7(10)5-11-9(6)14-2/h3,5H,4H2,1-2H3. The molecule has 0 unspecified atom stereocenters. The molecule has 0 saturated carbocycles. The van der Waals surface area contributed by atoms with Crippen LogP contribution in [0.3, 0.4) is 0 Å². The number of aromatic nitrogens is 1. The number of ether oxygens (including phenoxy) is 2. The number of methoxy groups -OCH3 is 2. The first kappa shape index (κ1) is 11.0. The molecule has 76 valence electrons. The molecule has 0 fully saturated rings. The predicted molar refractivity (Wildman–Crippen MR) is 54.2 cm³/mol. The summed E-state index contributed by atoms with van der Waals surface area (Å²) in [6.07, 6.45) is 1.77. The van der Waals surface area contributed by atoms with Crippen LogP contribution in [0.5, 0.6) is 5.88 Å². The van der Waals surface area contributed by atoms with Gasteiger partial charge in [0.1, 0.15) is 0 Å². The molecule has 14 heavy (non-hydrogen) atoms. The fourth-order valence-electron chi connectivity index (χ4n) is 1.01. The molecule has 0 atom stereocenters. The summed E-state index contributed by atoms with van der Waals surface area (Å²) in [7, 11) is 2.86. The monoisotopic (exact) mass is 259 g/mol. The minimum Gasteiger partial charge on any atom is -0.481 e. The van der Waals surface area contributed by atoms with Crippen LogP contribution in [0.4, 0.5) is 0 Å². The van der Waals surface area contributed by atoms with Gasteiger partial charge >= 0.3 is 5.97 Å². The lowest BCUT2D eigenvalue weighted by atomic mass is 10.2. The van der Waals surface area contributed by atoms with Crippen LogP contribution in [0.15, 0.2) is 16.7 Å². The lowest BCUT2D eigenvalue weighted by molar-refractivity contribution is -0.139. The zero-order valence-electron chi connectivity index (χ0n) is 7.91. The van der Waals surface area contributed by atoms with E-state index in [1.165, 1.54) is 14.2 Å². The maximum absolute atomic E-state index is 11.0. The van der Waals surface area contributed by atoms with Gasteiger partial charge in [-0.15, -0.1) is 0 Å². The molecule has 4 nitrogen and oxygen atoms in total. The molecule has 1 rings (SSSR count). The molecule has 0 aliphatic rings. The van der Waals surface area contributed by atoms with Crippen molar-refractivity contribution in [2.45, 2.75) is 6.42 Å². The SMILES string of the molecule is COC(=O)Cc1cc(Br)cnc1OC. The van der Waals surface area contributed by atoms with E-state index in [-0.39, 0.29) is 12.4 Å². The number of hydrogen-bond donors (Lipinski definition) is 0. The molecule has 0 saturated heterocycles. The Morgan fingerprint density at radius 1 is 1.57 bits per heavy atom. The van der Waals surface area contributed by atoms with Crippen LogP contribution in [0.1, 0.15) is 5.56 Å². The van der Waals surface area contributed by atoms with Gasteiger partial charge in [-0.2, -0.15) is 0 Å². The van der Waals surface area contributed by atoms with Crippen molar-refractivity contribution in [2.75, 3.05) is 14.2 Å². The Morgan fingerprint density at radius 3 is 2.86 bits per heavy atom. The van der Waals surface area contributed by atoms with Crippen LogP contribution >= 0.6 is 15.9 Å². The molecule has 1 aromatic heterocycles. The van der Waals surface area contributed by atoms with Crippen molar-refractivity contribution in [3.05, 3.63) is 22.3 Å². The summed E-state index contributed by atoms with van der Waals surface area (Å²) in [5.74, 6) is 0.127. The van der Waals surface area contributed by atoms with Crippen molar-refractivity contribution in [1.29, 1.82) is 0 Å². The first-order chi connectivity index (χ1) is 6.67. The number of nitrogens with zero attached hydrogens (tertiary/aromatic N) is 1. The number of halogens is 1. The van der Waals surface area contributed by atoms with Crippen molar-refractivity contribution in [2.24, 2.45) is 0 Å². The second kappa shape index (κ2) is 4.95. The third kappa shape index (κ3) is 2.70. The molecular formula is C9H10BrNO3. The zero-order valence-corrected chi connectivity index (χ0v) is 9.50. The molecule has 1 aromatic rings. The Balaban J connectivity index is 2.93. The van der Waals surface area contributed by atoms with E-state index >= 15 is 0 Å². The highest BCUT2D eigenvalue weighted by Gasteiger charge is 2.10. The van der Waals surface area contributed by atoms with Crippen LogP contribution in [-0.2, 0) is 16.0 Å². The Kier molecular flexibility index (Phi) is 3.88. The van der Waals surface area contributed by atoms with Crippen LogP contribution in [0, 0.1) is 0 Å². The maximum Gasteiger partial charge on any atom is 0.310 e. The number of carbonyl (C=O) groups is 1. The minimum absolute atomic E-state index is 0.159. The predicted octanol–water partition coefficient (Wildman–Crippen LogP) is 1.57. The van der Waals surface area contributed by atoms with Gasteiger partial charge in [-0.3, -0.25) is 4.79 Å². The fourth-order valence-corrected chi connectivity index (χ4v) is 1.39. The summed E-state index contributed by atoms with van der Waals surface area (Å²) >= 11 is 3.27. The van der Waals surface area contributed by atoms with Crippen molar-refractivity contribution in [3.63, 3.8) is 0 Å². The summed E-state index contributed by atoms with van der Waals surface area (Å²) in [4.78, 5) is 15.0. The molecule has 0 aliphatic carbocycles. The summed E-state index contributed by atoms with van der Waals surface area (Å²) < 4.78 is 10.4. The number of rotatable bonds is 3. The lowest BCUT2D eigenvalue weighted by Gasteiger charge is -2.06. The van der Waals surface area contributed by atoms with Gasteiger partial charge in [0.15, 0.2) is 0 Å². The molecule has 1 heterocycles. The highest BCUT2D eigenvalue weighted by molar-refractivity contribution is 9.10. The van der Waals surface area contributed by atoms with Crippen LogP contribution in [-0.4, -0.2) is 25.2 Å². The largest absolute Gasteiger partial charge is 0.481 e. The number of hydrogen-bond acceptors (Lipinski definition) is 4. The van der Waals surface area contributed by atoms with Gasteiger partial charge in [0.25, 0.3) is 0 Å². The van der Waals surface area contributed by atoms with Crippen LogP contribution in [0.2, 0.25) is 0 Å². The Hall–Kier alpha value is -1.10. The maximum atomic E-state index is 11.0. The number of esters is 1. The van der Waals surface area contributed by atoms with E-state index in [9.17, 15) is 4.79 Å². The van der Waals surface area contributed by atoms with E-state index in [1.807, 2.05) is 0 Å². The van der Waals surface area contributed by atoms with E-state index in [0.717, 1.165) is 4.47 Å². The zero-order chi connectivity index (χ0) is 10.6. The Labute approximate surface area is 90.4 Å². The quantitative estimate of drug-likeness (QED) is 0.774. The van der Waals surface area contributed by atoms with Gasteiger partial charge in [0.2, 0.25) is 5.88 Å². The summed E-state index contributed by atoms with van der Waals surface area (Å²) in [6, 6.07) is 1.78.